The number of nitrogens with zero attached hydrogens (tertiary/aromatic N) is 1. The Morgan fingerprint density at radius 1 is 1.20 bits per heavy atom. The molecule has 0 bridgehead atoms. The Kier molecular flexibility index (Phi) is 5.56. The SMILES string of the molecule is CC(C)NCC(Oc1cncc(Br)c1)c1ccccc1. The summed E-state index contributed by atoms with van der Waals surface area (Å²) >= 11 is 3.41. The highest BCUT2D eigenvalue weighted by Gasteiger charge is 2.14. The van der Waals surface area contributed by atoms with Crippen LogP contribution in [0.3, 0.4) is 0 Å². The standard InChI is InChI=1S/C16H19BrN2O/c1-12(2)19-11-16(13-6-4-3-5-7-13)20-15-8-14(17)9-18-10-15/h3-10,12,16,19H,11H2,1-2H3. The Morgan fingerprint density at radius 3 is 2.60 bits per heavy atom. The Balaban J connectivity index is 2.14. The highest BCUT2D eigenvalue weighted by molar-refractivity contribution is 9.10. The first-order valence-electron chi connectivity index (χ1n) is 6.70. The highest BCUT2D eigenvalue weighted by Crippen LogP contribution is 2.23. The van der Waals surface area contributed by atoms with E-state index in [9.17, 15) is 0 Å². The number of ether oxygens (including phenoxy) is 1. The van der Waals surface area contributed by atoms with E-state index in [0.29, 0.717) is 6.04 Å². The van der Waals surface area contributed by atoms with Gasteiger partial charge in [-0.15, -0.1) is 0 Å². The maximum Gasteiger partial charge on any atom is 0.139 e. The molecule has 0 spiro atoms. The monoisotopic (exact) mass is 334 g/mol. The van der Waals surface area contributed by atoms with Gasteiger partial charge in [-0.2, -0.15) is 0 Å². The third kappa shape index (κ3) is 4.62. The van der Waals surface area contributed by atoms with Crippen molar-refractivity contribution in [2.75, 3.05) is 6.54 Å². The van der Waals surface area contributed by atoms with Crippen molar-refractivity contribution in [3.8, 4) is 5.75 Å². The van der Waals surface area contributed by atoms with Crippen molar-refractivity contribution in [1.29, 1.82) is 0 Å². The molecule has 1 aromatic carbocycles. The summed E-state index contributed by atoms with van der Waals surface area (Å²) < 4.78 is 6.99. The number of halogens is 1. The minimum Gasteiger partial charge on any atom is -0.483 e. The van der Waals surface area contributed by atoms with Gasteiger partial charge in [0.1, 0.15) is 11.9 Å². The van der Waals surface area contributed by atoms with E-state index in [-0.39, 0.29) is 6.10 Å². The molecule has 0 radical (unpaired) electrons. The Bertz CT molecular complexity index is 531. The van der Waals surface area contributed by atoms with Gasteiger partial charge in [0.05, 0.1) is 6.20 Å². The Morgan fingerprint density at radius 2 is 1.95 bits per heavy atom. The quantitative estimate of drug-likeness (QED) is 0.868. The lowest BCUT2D eigenvalue weighted by atomic mass is 10.1. The summed E-state index contributed by atoms with van der Waals surface area (Å²) in [4.78, 5) is 4.13. The van der Waals surface area contributed by atoms with Gasteiger partial charge in [0, 0.05) is 23.3 Å². The van der Waals surface area contributed by atoms with Crippen LogP contribution in [0.25, 0.3) is 0 Å². The van der Waals surface area contributed by atoms with Crippen molar-refractivity contribution in [2.45, 2.75) is 26.0 Å². The van der Waals surface area contributed by atoms with Crippen LogP contribution >= 0.6 is 15.9 Å². The molecule has 0 amide bonds. The fourth-order valence-electron chi connectivity index (χ4n) is 1.86. The number of rotatable bonds is 6. The highest BCUT2D eigenvalue weighted by atomic mass is 79.9. The molecular weight excluding hydrogens is 316 g/mol. The van der Waals surface area contributed by atoms with Crippen LogP contribution in [0.2, 0.25) is 0 Å². The summed E-state index contributed by atoms with van der Waals surface area (Å²) in [6, 6.07) is 12.6. The molecule has 2 rings (SSSR count). The minimum atomic E-state index is -0.0327. The first kappa shape index (κ1) is 15.0. The van der Waals surface area contributed by atoms with Crippen molar-refractivity contribution in [3.63, 3.8) is 0 Å². The van der Waals surface area contributed by atoms with Crippen LogP contribution in [-0.4, -0.2) is 17.6 Å². The van der Waals surface area contributed by atoms with Gasteiger partial charge in [-0.05, 0) is 27.6 Å². The van der Waals surface area contributed by atoms with Crippen LogP contribution in [0.4, 0.5) is 0 Å². The van der Waals surface area contributed by atoms with Gasteiger partial charge >= 0.3 is 0 Å². The van der Waals surface area contributed by atoms with Crippen molar-refractivity contribution >= 4 is 15.9 Å². The summed E-state index contributed by atoms with van der Waals surface area (Å²) in [6.45, 7) is 5.01. The second-order valence-electron chi connectivity index (χ2n) is 4.92. The molecule has 4 heteroatoms. The summed E-state index contributed by atoms with van der Waals surface area (Å²) in [5.41, 5.74) is 1.15. The third-order valence-corrected chi connectivity index (χ3v) is 3.27. The Hall–Kier alpha value is -1.39. The molecule has 1 unspecified atom stereocenters. The van der Waals surface area contributed by atoms with E-state index in [1.54, 1.807) is 12.4 Å². The smallest absolute Gasteiger partial charge is 0.139 e. The van der Waals surface area contributed by atoms with Crippen LogP contribution in [0.1, 0.15) is 25.5 Å². The molecule has 0 aliphatic rings. The zero-order valence-corrected chi connectivity index (χ0v) is 13.3. The lowest BCUT2D eigenvalue weighted by molar-refractivity contribution is 0.197. The predicted octanol–water partition coefficient (Wildman–Crippen LogP) is 3.96. The van der Waals surface area contributed by atoms with Gasteiger partial charge in [-0.25, -0.2) is 0 Å². The zero-order chi connectivity index (χ0) is 14.4. The summed E-state index contributed by atoms with van der Waals surface area (Å²) in [5.74, 6) is 0.763. The van der Waals surface area contributed by atoms with E-state index < -0.39 is 0 Å². The van der Waals surface area contributed by atoms with Crippen molar-refractivity contribution in [3.05, 3.63) is 58.8 Å². The van der Waals surface area contributed by atoms with Crippen LogP contribution < -0.4 is 10.1 Å². The van der Waals surface area contributed by atoms with Crippen LogP contribution in [0.15, 0.2) is 53.3 Å². The number of hydrogen-bond acceptors (Lipinski definition) is 3. The van der Waals surface area contributed by atoms with Gasteiger partial charge in [0.15, 0.2) is 0 Å². The first-order chi connectivity index (χ1) is 9.65. The average molecular weight is 335 g/mol. The van der Waals surface area contributed by atoms with Crippen LogP contribution in [0, 0.1) is 0 Å². The molecule has 106 valence electrons. The van der Waals surface area contributed by atoms with E-state index in [1.165, 1.54) is 0 Å². The number of hydrogen-bond donors (Lipinski definition) is 1. The van der Waals surface area contributed by atoms with E-state index in [4.69, 9.17) is 4.74 Å². The molecule has 1 heterocycles. The molecule has 0 aliphatic carbocycles. The molecule has 3 nitrogen and oxygen atoms in total. The van der Waals surface area contributed by atoms with E-state index in [2.05, 4.69) is 52.2 Å². The average Bonchev–Trinajstić information content (AvgIpc) is 2.44. The fraction of sp³-hybridized carbons (Fsp3) is 0.312. The van der Waals surface area contributed by atoms with Crippen LogP contribution in [-0.2, 0) is 0 Å². The van der Waals surface area contributed by atoms with Gasteiger partial charge in [0.2, 0.25) is 0 Å². The van der Waals surface area contributed by atoms with Gasteiger partial charge < -0.3 is 10.1 Å². The number of pyridine rings is 1. The van der Waals surface area contributed by atoms with Crippen molar-refractivity contribution < 1.29 is 4.74 Å². The van der Waals surface area contributed by atoms with Crippen molar-refractivity contribution in [1.82, 2.24) is 10.3 Å². The van der Waals surface area contributed by atoms with E-state index in [1.807, 2.05) is 24.3 Å². The van der Waals surface area contributed by atoms with Crippen molar-refractivity contribution in [2.24, 2.45) is 0 Å². The van der Waals surface area contributed by atoms with Gasteiger partial charge in [-0.3, -0.25) is 4.98 Å². The molecule has 0 saturated heterocycles. The molecule has 1 N–H and O–H groups in total. The maximum atomic E-state index is 6.08. The second-order valence-corrected chi connectivity index (χ2v) is 5.83. The molecule has 0 aliphatic heterocycles. The summed E-state index contributed by atoms with van der Waals surface area (Å²) in [7, 11) is 0. The van der Waals surface area contributed by atoms with Crippen LogP contribution in [0.5, 0.6) is 5.75 Å². The molecule has 0 saturated carbocycles. The lowest BCUT2D eigenvalue weighted by Crippen LogP contribution is -2.30. The first-order valence-corrected chi connectivity index (χ1v) is 7.50. The topological polar surface area (TPSA) is 34.1 Å². The Labute approximate surface area is 128 Å². The lowest BCUT2D eigenvalue weighted by Gasteiger charge is -2.21. The predicted molar refractivity (Wildman–Crippen MR) is 84.9 cm³/mol. The van der Waals surface area contributed by atoms with E-state index in [0.717, 1.165) is 22.3 Å². The second kappa shape index (κ2) is 7.41. The molecule has 1 aromatic heterocycles. The minimum absolute atomic E-state index is 0.0327. The summed E-state index contributed by atoms with van der Waals surface area (Å²) in [6.07, 6.45) is 3.45. The van der Waals surface area contributed by atoms with E-state index >= 15 is 0 Å². The number of nitrogens with one attached hydrogen (secondary N) is 1. The molecule has 1 atom stereocenters. The largest absolute Gasteiger partial charge is 0.483 e. The normalized spacial score (nSPS) is 12.4. The molecule has 2 aromatic rings. The summed E-state index contributed by atoms with van der Waals surface area (Å²) in [5, 5.41) is 3.42. The van der Waals surface area contributed by atoms with Gasteiger partial charge in [-0.1, -0.05) is 44.2 Å². The zero-order valence-electron chi connectivity index (χ0n) is 11.7. The third-order valence-electron chi connectivity index (χ3n) is 2.84. The fourth-order valence-corrected chi connectivity index (χ4v) is 2.20. The number of benzene rings is 1. The molecular formula is C16H19BrN2O. The van der Waals surface area contributed by atoms with Gasteiger partial charge in [0.25, 0.3) is 0 Å². The number of aromatic nitrogens is 1. The molecule has 20 heavy (non-hydrogen) atoms. The maximum absolute atomic E-state index is 6.08. The molecule has 0 fully saturated rings.